The second-order valence-electron chi connectivity index (χ2n) is 5.66. The number of aromatic nitrogens is 5. The highest BCUT2D eigenvalue weighted by atomic mass is 16.1. The molecule has 1 aromatic carbocycles. The van der Waals surface area contributed by atoms with Gasteiger partial charge in [0, 0.05) is 18.8 Å². The van der Waals surface area contributed by atoms with Gasteiger partial charge in [0.25, 0.3) is 5.91 Å². The number of carbonyl (C=O) groups is 1. The summed E-state index contributed by atoms with van der Waals surface area (Å²) in [6, 6.07) is 17.3. The standard InChI is InChI=1S/C18H16N6O/c1-23-11-5-8-15(23)18(25)19-12-17-21-20-16-10-9-14(22-24(16)17)13-6-3-2-4-7-13/h2-11H,12H2,1H3,(H,19,25). The van der Waals surface area contributed by atoms with E-state index in [0.29, 0.717) is 17.2 Å². The normalized spacial score (nSPS) is 10.9. The summed E-state index contributed by atoms with van der Waals surface area (Å²) < 4.78 is 3.43. The van der Waals surface area contributed by atoms with Crippen LogP contribution in [0.4, 0.5) is 0 Å². The fourth-order valence-electron chi connectivity index (χ4n) is 2.65. The number of aryl methyl sites for hydroxylation is 1. The molecule has 0 radical (unpaired) electrons. The van der Waals surface area contributed by atoms with Crippen molar-refractivity contribution in [3.8, 4) is 11.3 Å². The minimum absolute atomic E-state index is 0.163. The number of hydrogen-bond acceptors (Lipinski definition) is 4. The summed E-state index contributed by atoms with van der Waals surface area (Å²) in [5.74, 6) is 0.416. The van der Waals surface area contributed by atoms with Crippen LogP contribution in [0.3, 0.4) is 0 Å². The lowest BCUT2D eigenvalue weighted by Crippen LogP contribution is -2.26. The zero-order valence-electron chi connectivity index (χ0n) is 13.6. The SMILES string of the molecule is Cn1cccc1C(=O)NCc1nnc2ccc(-c3ccccc3)nn12. The van der Waals surface area contributed by atoms with E-state index < -0.39 is 0 Å². The van der Waals surface area contributed by atoms with Crippen LogP contribution < -0.4 is 5.32 Å². The van der Waals surface area contributed by atoms with Gasteiger partial charge in [-0.2, -0.15) is 9.61 Å². The minimum Gasteiger partial charge on any atom is -0.347 e. The van der Waals surface area contributed by atoms with Gasteiger partial charge in [-0.3, -0.25) is 4.79 Å². The Kier molecular flexibility index (Phi) is 3.74. The Balaban J connectivity index is 1.60. The Morgan fingerprint density at radius 2 is 1.88 bits per heavy atom. The quantitative estimate of drug-likeness (QED) is 0.620. The van der Waals surface area contributed by atoms with Crippen molar-refractivity contribution in [3.63, 3.8) is 0 Å². The predicted octanol–water partition coefficient (Wildman–Crippen LogP) is 2.06. The van der Waals surface area contributed by atoms with Gasteiger partial charge in [-0.25, -0.2) is 0 Å². The summed E-state index contributed by atoms with van der Waals surface area (Å²) in [6.07, 6.45) is 1.83. The number of nitrogens with zero attached hydrogens (tertiary/aromatic N) is 5. The number of fused-ring (bicyclic) bond motifs is 1. The Morgan fingerprint density at radius 1 is 1.04 bits per heavy atom. The highest BCUT2D eigenvalue weighted by Crippen LogP contribution is 2.16. The van der Waals surface area contributed by atoms with Crippen molar-refractivity contribution < 1.29 is 4.79 Å². The molecular weight excluding hydrogens is 316 g/mol. The van der Waals surface area contributed by atoms with E-state index in [1.54, 1.807) is 15.1 Å². The Bertz CT molecular complexity index is 1030. The van der Waals surface area contributed by atoms with Gasteiger partial charge in [-0.05, 0) is 24.3 Å². The van der Waals surface area contributed by atoms with Gasteiger partial charge in [-0.15, -0.1) is 10.2 Å². The van der Waals surface area contributed by atoms with Crippen LogP contribution in [0.5, 0.6) is 0 Å². The van der Waals surface area contributed by atoms with E-state index in [-0.39, 0.29) is 12.5 Å². The van der Waals surface area contributed by atoms with Crippen LogP contribution in [0, 0.1) is 0 Å². The van der Waals surface area contributed by atoms with Crippen molar-refractivity contribution in [2.45, 2.75) is 6.54 Å². The van der Waals surface area contributed by atoms with Gasteiger partial charge in [0.05, 0.1) is 12.2 Å². The van der Waals surface area contributed by atoms with E-state index in [1.165, 1.54) is 0 Å². The van der Waals surface area contributed by atoms with Gasteiger partial charge in [-0.1, -0.05) is 30.3 Å². The van der Waals surface area contributed by atoms with Crippen molar-refractivity contribution in [1.29, 1.82) is 0 Å². The molecule has 0 aliphatic rings. The molecule has 0 spiro atoms. The third-order valence-electron chi connectivity index (χ3n) is 3.98. The van der Waals surface area contributed by atoms with Crippen LogP contribution in [0.15, 0.2) is 60.8 Å². The van der Waals surface area contributed by atoms with Gasteiger partial charge in [0.1, 0.15) is 5.69 Å². The number of rotatable bonds is 4. The van der Waals surface area contributed by atoms with Gasteiger partial charge in [0.2, 0.25) is 0 Å². The summed E-state index contributed by atoms with van der Waals surface area (Å²) in [7, 11) is 1.83. The second-order valence-corrected chi connectivity index (χ2v) is 5.66. The summed E-state index contributed by atoms with van der Waals surface area (Å²) in [5, 5.41) is 15.7. The monoisotopic (exact) mass is 332 g/mol. The maximum Gasteiger partial charge on any atom is 0.268 e. The maximum atomic E-state index is 12.2. The van der Waals surface area contributed by atoms with E-state index in [9.17, 15) is 4.79 Å². The van der Waals surface area contributed by atoms with Crippen LogP contribution in [0.1, 0.15) is 16.3 Å². The Hall–Kier alpha value is -3.48. The first-order chi connectivity index (χ1) is 12.2. The van der Waals surface area contributed by atoms with Crippen LogP contribution >= 0.6 is 0 Å². The maximum absolute atomic E-state index is 12.2. The molecule has 124 valence electrons. The summed E-state index contributed by atoms with van der Waals surface area (Å²) in [5.41, 5.74) is 3.06. The van der Waals surface area contributed by atoms with Crippen LogP contribution in [-0.4, -0.2) is 30.3 Å². The minimum atomic E-state index is -0.163. The molecule has 4 rings (SSSR count). The second kappa shape index (κ2) is 6.20. The first-order valence-corrected chi connectivity index (χ1v) is 7.88. The smallest absolute Gasteiger partial charge is 0.268 e. The van der Waals surface area contributed by atoms with Crippen LogP contribution in [0.25, 0.3) is 16.9 Å². The Morgan fingerprint density at radius 3 is 2.64 bits per heavy atom. The first kappa shape index (κ1) is 15.1. The molecule has 25 heavy (non-hydrogen) atoms. The molecule has 0 atom stereocenters. The number of nitrogens with one attached hydrogen (secondary N) is 1. The third-order valence-corrected chi connectivity index (χ3v) is 3.98. The van der Waals surface area contributed by atoms with Gasteiger partial charge >= 0.3 is 0 Å². The fourth-order valence-corrected chi connectivity index (χ4v) is 2.65. The van der Waals surface area contributed by atoms with Crippen LogP contribution in [0.2, 0.25) is 0 Å². The molecule has 0 aliphatic carbocycles. The van der Waals surface area contributed by atoms with Gasteiger partial charge < -0.3 is 9.88 Å². The van der Waals surface area contributed by atoms with Gasteiger partial charge in [0.15, 0.2) is 11.5 Å². The lowest BCUT2D eigenvalue weighted by molar-refractivity contribution is 0.0941. The van der Waals surface area contributed by atoms with E-state index >= 15 is 0 Å². The first-order valence-electron chi connectivity index (χ1n) is 7.88. The highest BCUT2D eigenvalue weighted by Gasteiger charge is 2.12. The van der Waals surface area contributed by atoms with Crippen molar-refractivity contribution in [2.75, 3.05) is 0 Å². The lowest BCUT2D eigenvalue weighted by atomic mass is 10.1. The molecule has 7 heteroatoms. The van der Waals surface area contributed by atoms with Crippen LogP contribution in [-0.2, 0) is 13.6 Å². The summed E-state index contributed by atoms with van der Waals surface area (Å²) in [4.78, 5) is 12.2. The largest absolute Gasteiger partial charge is 0.347 e. The molecule has 0 saturated heterocycles. The fraction of sp³-hybridized carbons (Fsp3) is 0.111. The zero-order valence-corrected chi connectivity index (χ0v) is 13.6. The lowest BCUT2D eigenvalue weighted by Gasteiger charge is -2.06. The van der Waals surface area contributed by atoms with Crippen molar-refractivity contribution in [2.24, 2.45) is 7.05 Å². The molecule has 3 heterocycles. The number of benzene rings is 1. The molecule has 3 aromatic heterocycles. The number of hydrogen-bond donors (Lipinski definition) is 1. The van der Waals surface area contributed by atoms with Crippen molar-refractivity contribution >= 4 is 11.6 Å². The highest BCUT2D eigenvalue weighted by molar-refractivity contribution is 5.92. The average Bonchev–Trinajstić information content (AvgIpc) is 3.26. The topological polar surface area (TPSA) is 77.1 Å². The molecule has 1 amide bonds. The molecule has 1 N–H and O–H groups in total. The number of amides is 1. The third kappa shape index (κ3) is 2.87. The summed E-state index contributed by atoms with van der Waals surface area (Å²) >= 11 is 0. The molecule has 0 unspecified atom stereocenters. The van der Waals surface area contributed by atoms with Crippen molar-refractivity contribution in [3.05, 3.63) is 72.3 Å². The predicted molar refractivity (Wildman–Crippen MR) is 92.8 cm³/mol. The van der Waals surface area contributed by atoms with E-state index in [4.69, 9.17) is 0 Å². The zero-order chi connectivity index (χ0) is 17.2. The van der Waals surface area contributed by atoms with E-state index in [0.717, 1.165) is 11.3 Å². The molecule has 0 bridgehead atoms. The average molecular weight is 332 g/mol. The molecule has 0 fully saturated rings. The molecule has 0 aliphatic heterocycles. The van der Waals surface area contributed by atoms with E-state index in [1.807, 2.05) is 61.8 Å². The molecule has 7 nitrogen and oxygen atoms in total. The summed E-state index contributed by atoms with van der Waals surface area (Å²) in [6.45, 7) is 0.246. The molecule has 0 saturated carbocycles. The molecule has 4 aromatic rings. The molecular formula is C18H16N6O. The number of carbonyl (C=O) groups excluding carboxylic acids is 1. The van der Waals surface area contributed by atoms with Crippen molar-refractivity contribution in [1.82, 2.24) is 29.7 Å². The Labute approximate surface area is 143 Å². The van der Waals surface area contributed by atoms with E-state index in [2.05, 4.69) is 20.6 Å².